The van der Waals surface area contributed by atoms with Crippen LogP contribution in [-0.4, -0.2) is 17.0 Å². The normalized spacial score (nSPS) is 28.0. The second kappa shape index (κ2) is 8.99. The van der Waals surface area contributed by atoms with Crippen molar-refractivity contribution >= 4 is 17.9 Å². The van der Waals surface area contributed by atoms with Crippen LogP contribution in [0.15, 0.2) is 0 Å². The second-order valence-electron chi connectivity index (χ2n) is 7.83. The van der Waals surface area contributed by atoms with Crippen LogP contribution in [0.4, 0.5) is 0 Å². The summed E-state index contributed by atoms with van der Waals surface area (Å²) < 4.78 is 0. The van der Waals surface area contributed by atoms with E-state index in [1.54, 1.807) is 0 Å². The molecule has 0 aliphatic heterocycles. The minimum Gasteiger partial charge on any atom is 0 e. The minimum atomic E-state index is -1.57. The van der Waals surface area contributed by atoms with E-state index in [9.17, 15) is 0 Å². The maximum Gasteiger partial charge on any atom is 0 e. The van der Waals surface area contributed by atoms with Crippen LogP contribution in [-0.2, 0) is 19.5 Å². The summed E-state index contributed by atoms with van der Waals surface area (Å²) in [7, 11) is 0. The van der Waals surface area contributed by atoms with Crippen molar-refractivity contribution in [3.05, 3.63) is 0 Å². The molecular weight excluding hydrogens is 384 g/mol. The average molecular weight is 418 g/mol. The number of halogens is 1. The molecule has 0 atom stereocenters. The van der Waals surface area contributed by atoms with Gasteiger partial charge in [-0.05, 0) is 0 Å². The molecule has 3 saturated carbocycles. The smallest absolute Gasteiger partial charge is 0 e. The van der Waals surface area contributed by atoms with Crippen molar-refractivity contribution in [3.63, 3.8) is 0 Å². The van der Waals surface area contributed by atoms with Gasteiger partial charge in [0.15, 0.2) is 0 Å². The molecular formula is C18H34ClPRu. The first kappa shape index (κ1) is 18.7. The quantitative estimate of drug-likeness (QED) is 0.346. The maximum absolute atomic E-state index is 7.71. The molecule has 21 heavy (non-hydrogen) atoms. The molecule has 0 bridgehead atoms. The van der Waals surface area contributed by atoms with Gasteiger partial charge in [0, 0.05) is 19.5 Å². The van der Waals surface area contributed by atoms with Gasteiger partial charge >= 0.3 is 131 Å². The third-order valence-electron chi connectivity index (χ3n) is 6.69. The summed E-state index contributed by atoms with van der Waals surface area (Å²) in [6, 6.07) is 0. The molecule has 3 aliphatic rings. The van der Waals surface area contributed by atoms with Gasteiger partial charge in [-0.2, -0.15) is 0 Å². The van der Waals surface area contributed by atoms with Gasteiger partial charge in [-0.3, -0.25) is 0 Å². The van der Waals surface area contributed by atoms with Gasteiger partial charge in [-0.15, -0.1) is 0 Å². The Hall–Kier alpha value is 1.34. The maximum atomic E-state index is 7.71. The Morgan fingerprint density at radius 3 is 0.952 bits per heavy atom. The number of rotatable bonds is 3. The molecule has 0 N–H and O–H groups in total. The largest absolute Gasteiger partial charge is 0 e. The summed E-state index contributed by atoms with van der Waals surface area (Å²) in [5.74, 6) is 0. The fraction of sp³-hybridized carbons (Fsp3) is 1.00. The Morgan fingerprint density at radius 2 is 0.714 bits per heavy atom. The first-order valence-electron chi connectivity index (χ1n) is 9.50. The molecule has 0 aromatic carbocycles. The van der Waals surface area contributed by atoms with Gasteiger partial charge in [-0.1, -0.05) is 0 Å². The van der Waals surface area contributed by atoms with E-state index in [4.69, 9.17) is 11.2 Å². The predicted molar refractivity (Wildman–Crippen MR) is 94.8 cm³/mol. The van der Waals surface area contributed by atoms with Gasteiger partial charge in [-0.25, -0.2) is 0 Å². The summed E-state index contributed by atoms with van der Waals surface area (Å²) >= 11 is 7.71. The van der Waals surface area contributed by atoms with Crippen molar-refractivity contribution in [1.82, 2.24) is 0 Å². The van der Waals surface area contributed by atoms with E-state index in [1.807, 2.05) is 0 Å². The van der Waals surface area contributed by atoms with Crippen LogP contribution in [0.5, 0.6) is 0 Å². The summed E-state index contributed by atoms with van der Waals surface area (Å²) in [6.07, 6.45) is 22.2. The molecule has 0 radical (unpaired) electrons. The van der Waals surface area contributed by atoms with Crippen molar-refractivity contribution in [3.8, 4) is 0 Å². The molecule has 0 heterocycles. The van der Waals surface area contributed by atoms with E-state index in [1.165, 1.54) is 96.3 Å². The topological polar surface area (TPSA) is 0 Å². The molecule has 0 nitrogen and oxygen atoms in total. The summed E-state index contributed by atoms with van der Waals surface area (Å²) in [4.78, 5) is 0. The van der Waals surface area contributed by atoms with Crippen LogP contribution in [0.25, 0.3) is 0 Å². The van der Waals surface area contributed by atoms with Crippen LogP contribution in [0.1, 0.15) is 96.3 Å². The summed E-state index contributed by atoms with van der Waals surface area (Å²) in [5, 5.41) is 0. The number of hydrogen-bond donors (Lipinski definition) is 0. The third-order valence-corrected chi connectivity index (χ3v) is 15.0. The molecule has 3 aliphatic carbocycles. The van der Waals surface area contributed by atoms with E-state index in [0.717, 1.165) is 17.0 Å². The molecule has 0 spiro atoms. The van der Waals surface area contributed by atoms with Gasteiger partial charge in [0.2, 0.25) is 0 Å². The van der Waals surface area contributed by atoms with Crippen LogP contribution in [0, 0.1) is 0 Å². The predicted octanol–water partition coefficient (Wildman–Crippen LogP) is 6.89. The van der Waals surface area contributed by atoms with E-state index in [2.05, 4.69) is 0 Å². The monoisotopic (exact) mass is 418 g/mol. The van der Waals surface area contributed by atoms with E-state index in [0.29, 0.717) is 0 Å². The molecule has 0 aromatic heterocycles. The van der Waals surface area contributed by atoms with Crippen molar-refractivity contribution in [2.24, 2.45) is 0 Å². The van der Waals surface area contributed by atoms with Crippen molar-refractivity contribution in [1.29, 1.82) is 0 Å². The molecule has 3 heteroatoms. The molecule has 0 amide bonds. The van der Waals surface area contributed by atoms with E-state index < -0.39 is 6.62 Å². The third kappa shape index (κ3) is 4.25. The Balaban J connectivity index is 0.00000161. The van der Waals surface area contributed by atoms with Gasteiger partial charge in [0.05, 0.1) is 0 Å². The van der Waals surface area contributed by atoms with E-state index >= 15 is 0 Å². The molecule has 0 saturated heterocycles. The molecule has 3 fully saturated rings. The average Bonchev–Trinajstić information content (AvgIpc) is 2.56. The molecule has 0 aromatic rings. The van der Waals surface area contributed by atoms with Crippen molar-refractivity contribution in [2.45, 2.75) is 113 Å². The first-order chi connectivity index (χ1) is 9.82. The minimum absolute atomic E-state index is 0. The SMILES string of the molecule is Cl[PH](C1CCCCC1)(C1CCCCC1)C1CCCCC1.[Ru]. The number of hydrogen-bond acceptors (Lipinski definition) is 0. The zero-order valence-corrected chi connectivity index (χ0v) is 17.1. The van der Waals surface area contributed by atoms with Crippen LogP contribution >= 0.6 is 17.9 Å². The van der Waals surface area contributed by atoms with Crippen LogP contribution in [0.2, 0.25) is 0 Å². The second-order valence-corrected chi connectivity index (χ2v) is 13.9. The standard InChI is InChI=1S/C18H34ClP.Ru/c19-20(16-10-4-1-5-11-16,17-12-6-2-7-13-17)18-14-8-3-9-15-18;/h16-18,20H,1-15H2;. The van der Waals surface area contributed by atoms with Gasteiger partial charge in [0.25, 0.3) is 0 Å². The van der Waals surface area contributed by atoms with Crippen LogP contribution in [0.3, 0.4) is 0 Å². The fourth-order valence-electron chi connectivity index (χ4n) is 5.64. The van der Waals surface area contributed by atoms with Gasteiger partial charge in [0.1, 0.15) is 0 Å². The molecule has 126 valence electrons. The Kier molecular flexibility index (Phi) is 8.00. The Morgan fingerprint density at radius 1 is 0.476 bits per heavy atom. The van der Waals surface area contributed by atoms with Crippen LogP contribution < -0.4 is 0 Å². The van der Waals surface area contributed by atoms with Crippen molar-refractivity contribution in [2.75, 3.05) is 0 Å². The fourth-order valence-corrected chi connectivity index (χ4v) is 13.5. The summed E-state index contributed by atoms with van der Waals surface area (Å²) in [5.41, 5.74) is 2.93. The zero-order valence-electron chi connectivity index (χ0n) is 13.6. The van der Waals surface area contributed by atoms with E-state index in [-0.39, 0.29) is 19.5 Å². The Bertz CT molecular complexity index is 246. The molecule has 0 unspecified atom stereocenters. The zero-order chi connectivity index (χ0) is 13.8. The van der Waals surface area contributed by atoms with Crippen molar-refractivity contribution < 1.29 is 19.5 Å². The summed E-state index contributed by atoms with van der Waals surface area (Å²) in [6.45, 7) is -1.57. The molecule has 3 rings (SSSR count). The Labute approximate surface area is 150 Å². The van der Waals surface area contributed by atoms with Gasteiger partial charge < -0.3 is 0 Å². The first-order valence-corrected chi connectivity index (χ1v) is 12.7.